The van der Waals surface area contributed by atoms with Crippen LogP contribution in [0.25, 0.3) is 66.7 Å². The van der Waals surface area contributed by atoms with Gasteiger partial charge < -0.3 is 19.3 Å². The van der Waals surface area contributed by atoms with Gasteiger partial charge in [0.15, 0.2) is 0 Å². The number of hydrogen-bond donors (Lipinski definition) is 1. The second kappa shape index (κ2) is 18.0. The van der Waals surface area contributed by atoms with Crippen molar-refractivity contribution < 1.29 is 42.2 Å². The molecule has 0 amide bonds. The minimum absolute atomic E-state index is 0. The number of rotatable bonds is 8. The summed E-state index contributed by atoms with van der Waals surface area (Å²) in [5, 5.41) is 12.2. The first-order chi connectivity index (χ1) is 28.0. The molecule has 0 bridgehead atoms. The van der Waals surface area contributed by atoms with Gasteiger partial charge in [0.2, 0.25) is 0 Å². The Labute approximate surface area is 358 Å². The molecule has 0 aliphatic rings. The molecule has 3 heterocycles. The van der Waals surface area contributed by atoms with Crippen molar-refractivity contribution >= 4 is 41.2 Å². The van der Waals surface area contributed by atoms with Crippen LogP contribution in [0.4, 0.5) is 0 Å². The number of carbonyl (C=O) groups is 1. The minimum Gasteiger partial charge on any atom is -0.501 e. The summed E-state index contributed by atoms with van der Waals surface area (Å²) >= 11 is 0. The summed E-state index contributed by atoms with van der Waals surface area (Å²) < 4.78 is 23.3. The van der Waals surface area contributed by atoms with Crippen LogP contribution in [0.2, 0.25) is 19.6 Å². The maximum Gasteiger partial charge on any atom is 0.333 e. The van der Waals surface area contributed by atoms with Gasteiger partial charge in [0.1, 0.15) is 5.58 Å². The minimum atomic E-state index is -1.69. The largest absolute Gasteiger partial charge is 0.501 e. The maximum atomic E-state index is 12.1. The maximum absolute atomic E-state index is 12.1. The molecule has 6 nitrogen and oxygen atoms in total. The van der Waals surface area contributed by atoms with E-state index in [-0.39, 0.29) is 25.7 Å². The van der Waals surface area contributed by atoms with Crippen molar-refractivity contribution in [1.29, 1.82) is 0 Å². The summed E-state index contributed by atoms with van der Waals surface area (Å²) in [4.78, 5) is 25.3. The molecule has 58 heavy (non-hydrogen) atoms. The van der Waals surface area contributed by atoms with Crippen molar-refractivity contribution in [2.75, 3.05) is 0 Å². The number of aromatic nitrogens is 2. The van der Waals surface area contributed by atoms with Crippen LogP contribution in [0.15, 0.2) is 138 Å². The van der Waals surface area contributed by atoms with E-state index < -0.39 is 25.8 Å². The molecule has 0 spiro atoms. The molecule has 0 saturated carbocycles. The molecule has 8 heteroatoms. The van der Waals surface area contributed by atoms with Crippen molar-refractivity contribution in [1.82, 2.24) is 9.97 Å². The van der Waals surface area contributed by atoms with E-state index in [9.17, 15) is 4.79 Å². The third-order valence-electron chi connectivity index (χ3n) is 10.0. The average molecular weight is 961 g/mol. The molecule has 0 aliphatic carbocycles. The number of carbonyl (C=O) groups excluding carboxylic acids is 1. The SMILES string of the molecule is [2H]C(C)(C)c1cc(-c2[c-]cc(C(=O)OO)c(-c3ccccc3)c2)ncc1[Si](C)(C)C.[2H]C(C)(C)c1ccnc(-c2[c-]ccc3c2oc2cccc(-c4ccccc4)c23)c1.[Ir]. The Morgan fingerprint density at radius 2 is 1.48 bits per heavy atom. The Morgan fingerprint density at radius 3 is 2.12 bits per heavy atom. The molecule has 0 atom stereocenters. The van der Waals surface area contributed by atoms with Gasteiger partial charge >= 0.3 is 5.97 Å². The van der Waals surface area contributed by atoms with E-state index in [1.165, 1.54) is 6.07 Å². The van der Waals surface area contributed by atoms with Crippen LogP contribution in [-0.2, 0) is 25.0 Å². The summed E-state index contributed by atoms with van der Waals surface area (Å²) in [6, 6.07) is 45.4. The fraction of sp³-hybridized carbons (Fsp3) is 0.180. The standard InChI is InChI=1S/C26H20NO.C24H26NO3Si.Ir/c1-17(2)19-14-15-27-23(16-19)21-11-6-12-22-25-20(18-8-4-3-5-9-18)10-7-13-24(25)28-26(21)22;1-16(2)20-14-22(25-15-23(20)29(3,4)5)18-11-12-19(24(26)28-27)21(13-18)17-9-7-6-8-10-17;/h3-10,12-17H,1-2H3;6-10,12-16,27H,1-5H3;/q2*-1;/i17D;16D;. The molecule has 0 saturated heterocycles. The Hall–Kier alpha value is -5.50. The van der Waals surface area contributed by atoms with Crippen molar-refractivity contribution in [3.05, 3.63) is 163 Å². The summed E-state index contributed by atoms with van der Waals surface area (Å²) in [6.45, 7) is 14.3. The first kappa shape index (κ1) is 39.3. The van der Waals surface area contributed by atoms with Gasteiger partial charge in [-0.2, -0.15) is 0 Å². The summed E-state index contributed by atoms with van der Waals surface area (Å²) in [5.74, 6) is -2.30. The van der Waals surface area contributed by atoms with Gasteiger partial charge in [-0.05, 0) is 62.7 Å². The van der Waals surface area contributed by atoms with Gasteiger partial charge in [-0.15, -0.1) is 42.0 Å². The molecule has 3 aromatic heterocycles. The fourth-order valence-corrected chi connectivity index (χ4v) is 8.63. The van der Waals surface area contributed by atoms with E-state index in [1.54, 1.807) is 6.20 Å². The van der Waals surface area contributed by atoms with Gasteiger partial charge in [-0.25, -0.2) is 5.26 Å². The first-order valence-corrected chi connectivity index (χ1v) is 22.4. The number of pyridine rings is 2. The Kier molecular flexibility index (Phi) is 12.2. The summed E-state index contributed by atoms with van der Waals surface area (Å²) in [6.07, 6.45) is 3.64. The van der Waals surface area contributed by atoms with E-state index in [0.717, 1.165) is 66.2 Å². The van der Waals surface area contributed by atoms with Gasteiger partial charge in [0.05, 0.1) is 13.7 Å². The van der Waals surface area contributed by atoms with E-state index in [2.05, 4.69) is 70.9 Å². The van der Waals surface area contributed by atoms with E-state index in [4.69, 9.17) is 12.4 Å². The summed E-state index contributed by atoms with van der Waals surface area (Å²) in [5.41, 5.74) is 10.4. The van der Waals surface area contributed by atoms with Crippen LogP contribution in [0.1, 0.15) is 63.7 Å². The molecule has 5 aromatic carbocycles. The predicted octanol–water partition coefficient (Wildman–Crippen LogP) is 12.8. The molecule has 1 N–H and O–H groups in total. The van der Waals surface area contributed by atoms with Crippen molar-refractivity contribution in [3.8, 4) is 44.8 Å². The number of furan rings is 1. The van der Waals surface area contributed by atoms with Crippen LogP contribution in [0.5, 0.6) is 0 Å². The van der Waals surface area contributed by atoms with Crippen LogP contribution in [0, 0.1) is 12.1 Å². The number of benzene rings is 5. The smallest absolute Gasteiger partial charge is 0.333 e. The molecule has 0 aliphatic heterocycles. The zero-order valence-electron chi connectivity index (χ0n) is 35.6. The van der Waals surface area contributed by atoms with Crippen molar-refractivity contribution in [3.63, 3.8) is 0 Å². The van der Waals surface area contributed by atoms with Gasteiger partial charge in [0.25, 0.3) is 0 Å². The second-order valence-corrected chi connectivity index (χ2v) is 20.5. The molecule has 8 aromatic rings. The molecule has 1 radical (unpaired) electrons. The third kappa shape index (κ3) is 8.81. The Bertz CT molecular complexity index is 2790. The topological polar surface area (TPSA) is 85.5 Å². The Morgan fingerprint density at radius 1 is 0.793 bits per heavy atom. The van der Waals surface area contributed by atoms with Crippen LogP contribution < -0.4 is 5.19 Å². The monoisotopic (exact) mass is 961 g/mol. The predicted molar refractivity (Wildman–Crippen MR) is 234 cm³/mol. The van der Waals surface area contributed by atoms with Crippen LogP contribution >= 0.6 is 0 Å². The molecule has 0 unspecified atom stereocenters. The van der Waals surface area contributed by atoms with Crippen LogP contribution in [-0.4, -0.2) is 29.3 Å². The molecular weight excluding hydrogens is 913 g/mol. The fourth-order valence-electron chi connectivity index (χ4n) is 7.05. The van der Waals surface area contributed by atoms with Crippen molar-refractivity contribution in [2.45, 2.75) is 59.1 Å². The van der Waals surface area contributed by atoms with Crippen molar-refractivity contribution in [2.24, 2.45) is 0 Å². The Balaban J connectivity index is 0.000000198. The van der Waals surface area contributed by atoms with E-state index in [1.807, 2.05) is 125 Å². The summed E-state index contributed by atoms with van der Waals surface area (Å²) in [7, 11) is -1.69. The first-order valence-electron chi connectivity index (χ1n) is 19.9. The molecule has 8 rings (SSSR count). The number of nitrogens with zero attached hydrogens (tertiary/aromatic N) is 2. The van der Waals surface area contributed by atoms with Gasteiger partial charge in [0, 0.05) is 40.6 Å². The average Bonchev–Trinajstić information content (AvgIpc) is 3.62. The van der Waals surface area contributed by atoms with E-state index >= 15 is 0 Å². The number of fused-ring (bicyclic) bond motifs is 3. The second-order valence-electron chi connectivity index (χ2n) is 15.5. The quantitative estimate of drug-likeness (QED) is 0.0707. The van der Waals surface area contributed by atoms with Gasteiger partial charge in [-0.3, -0.25) is 4.79 Å². The molecule has 295 valence electrons. The molecule has 0 fully saturated rings. The zero-order chi connectivity index (χ0) is 42.1. The molecular formula is C50H46IrN2O4Si-2. The normalized spacial score (nSPS) is 12.2. The number of hydrogen-bond acceptors (Lipinski definition) is 6. The van der Waals surface area contributed by atoms with Crippen LogP contribution in [0.3, 0.4) is 0 Å². The third-order valence-corrected chi connectivity index (χ3v) is 12.0. The zero-order valence-corrected chi connectivity index (χ0v) is 37.0. The van der Waals surface area contributed by atoms with E-state index in [0.29, 0.717) is 16.8 Å². The van der Waals surface area contributed by atoms with Gasteiger partial charge in [-0.1, -0.05) is 160 Å².